The highest BCUT2D eigenvalue weighted by molar-refractivity contribution is 6.73. The van der Waals surface area contributed by atoms with Gasteiger partial charge in [-0.05, 0) is 43.3 Å². The average Bonchev–Trinajstić information content (AvgIpc) is 2.55. The van der Waals surface area contributed by atoms with Crippen molar-refractivity contribution >= 4 is 31.5 Å². The lowest BCUT2D eigenvalue weighted by Gasteiger charge is -2.34. The lowest BCUT2D eigenvalue weighted by molar-refractivity contribution is 0.169. The molecule has 1 heterocycles. The topological polar surface area (TPSA) is 22.1 Å². The standard InChI is InChI=1S/C20H35Cl2NOSi/c1-8-25(9-2,10-3)24-17(12-11-13-20(5,6)7)18-16(21)14-23-15(4)19(18)22/h14,17H,8-13H2,1-7H3. The summed E-state index contributed by atoms with van der Waals surface area (Å²) in [4.78, 5) is 4.29. The first-order chi connectivity index (χ1) is 11.6. The van der Waals surface area contributed by atoms with Gasteiger partial charge in [-0.25, -0.2) is 0 Å². The van der Waals surface area contributed by atoms with E-state index in [0.717, 1.165) is 48.7 Å². The summed E-state index contributed by atoms with van der Waals surface area (Å²) in [7, 11) is -1.76. The predicted octanol–water partition coefficient (Wildman–Crippen LogP) is 7.98. The first-order valence-electron chi connectivity index (χ1n) is 9.57. The summed E-state index contributed by atoms with van der Waals surface area (Å²) in [6, 6.07) is 3.36. The fraction of sp³-hybridized carbons (Fsp3) is 0.750. The predicted molar refractivity (Wildman–Crippen MR) is 113 cm³/mol. The molecule has 0 saturated carbocycles. The van der Waals surface area contributed by atoms with Gasteiger partial charge in [-0.2, -0.15) is 0 Å². The molecule has 0 radical (unpaired) electrons. The minimum atomic E-state index is -1.76. The van der Waals surface area contributed by atoms with Crippen LogP contribution in [0.25, 0.3) is 0 Å². The second kappa shape index (κ2) is 9.73. The smallest absolute Gasteiger partial charge is 0.192 e. The molecule has 25 heavy (non-hydrogen) atoms. The number of hydrogen-bond acceptors (Lipinski definition) is 2. The van der Waals surface area contributed by atoms with E-state index in [-0.39, 0.29) is 6.10 Å². The summed E-state index contributed by atoms with van der Waals surface area (Å²) < 4.78 is 6.85. The van der Waals surface area contributed by atoms with Gasteiger partial charge in [-0.1, -0.05) is 71.2 Å². The molecule has 5 heteroatoms. The van der Waals surface area contributed by atoms with Gasteiger partial charge in [-0.3, -0.25) is 4.98 Å². The number of hydrogen-bond donors (Lipinski definition) is 0. The van der Waals surface area contributed by atoms with Crippen LogP contribution in [0.15, 0.2) is 6.20 Å². The summed E-state index contributed by atoms with van der Waals surface area (Å²) in [5, 5.41) is 1.29. The van der Waals surface area contributed by atoms with Crippen molar-refractivity contribution < 1.29 is 4.43 Å². The zero-order valence-corrected chi connectivity index (χ0v) is 19.5. The van der Waals surface area contributed by atoms with Crippen molar-refractivity contribution in [2.45, 2.75) is 92.0 Å². The number of rotatable bonds is 9. The Morgan fingerprint density at radius 2 is 1.68 bits per heavy atom. The third-order valence-electron chi connectivity index (χ3n) is 5.22. The monoisotopic (exact) mass is 403 g/mol. The number of halogens is 2. The zero-order chi connectivity index (χ0) is 19.3. The Balaban J connectivity index is 3.17. The molecule has 1 unspecified atom stereocenters. The van der Waals surface area contributed by atoms with Crippen molar-refractivity contribution in [1.82, 2.24) is 4.98 Å². The van der Waals surface area contributed by atoms with E-state index in [1.807, 2.05) is 6.92 Å². The molecular weight excluding hydrogens is 369 g/mol. The Morgan fingerprint density at radius 1 is 1.12 bits per heavy atom. The highest BCUT2D eigenvalue weighted by atomic mass is 35.5. The van der Waals surface area contributed by atoms with Crippen molar-refractivity contribution in [3.63, 3.8) is 0 Å². The van der Waals surface area contributed by atoms with E-state index in [1.165, 1.54) is 0 Å². The highest BCUT2D eigenvalue weighted by Crippen LogP contribution is 2.40. The van der Waals surface area contributed by atoms with Crippen LogP contribution in [0.5, 0.6) is 0 Å². The molecule has 2 nitrogen and oxygen atoms in total. The third-order valence-corrected chi connectivity index (χ3v) is 10.7. The molecule has 0 fully saturated rings. The Kier molecular flexibility index (Phi) is 8.93. The molecule has 0 spiro atoms. The van der Waals surface area contributed by atoms with Crippen LogP contribution >= 0.6 is 23.2 Å². The maximum absolute atomic E-state index is 6.85. The summed E-state index contributed by atoms with van der Waals surface area (Å²) in [5.74, 6) is 0. The Bertz CT molecular complexity index is 545. The number of aryl methyl sites for hydroxylation is 1. The van der Waals surface area contributed by atoms with Crippen LogP contribution in [0.3, 0.4) is 0 Å². The van der Waals surface area contributed by atoms with Crippen molar-refractivity contribution in [2.75, 3.05) is 0 Å². The third kappa shape index (κ3) is 6.53. The quantitative estimate of drug-likeness (QED) is 0.389. The molecule has 1 atom stereocenters. The SMILES string of the molecule is CC[Si](CC)(CC)OC(CCCC(C)(C)C)c1c(Cl)cnc(C)c1Cl. The van der Waals surface area contributed by atoms with Crippen LogP contribution in [0, 0.1) is 12.3 Å². The first-order valence-corrected chi connectivity index (χ1v) is 12.9. The van der Waals surface area contributed by atoms with Gasteiger partial charge in [0.25, 0.3) is 0 Å². The summed E-state index contributed by atoms with van der Waals surface area (Å²) in [6.45, 7) is 15.5. The second-order valence-corrected chi connectivity index (χ2v) is 13.7. The van der Waals surface area contributed by atoms with Crippen LogP contribution in [-0.4, -0.2) is 13.3 Å². The van der Waals surface area contributed by atoms with Crippen molar-refractivity contribution in [3.05, 3.63) is 27.5 Å². The van der Waals surface area contributed by atoms with Crippen LogP contribution in [0.4, 0.5) is 0 Å². The molecular formula is C20H35Cl2NOSi. The highest BCUT2D eigenvalue weighted by Gasteiger charge is 2.34. The first kappa shape index (κ1) is 22.9. The minimum absolute atomic E-state index is 0.0319. The van der Waals surface area contributed by atoms with Gasteiger partial charge in [0.1, 0.15) is 0 Å². The Hall–Kier alpha value is -0.0931. The normalized spacial score (nSPS) is 14.0. The molecule has 144 valence electrons. The lowest BCUT2D eigenvalue weighted by atomic mass is 9.88. The fourth-order valence-corrected chi connectivity index (χ4v) is 6.68. The molecule has 1 aromatic rings. The van der Waals surface area contributed by atoms with E-state index in [9.17, 15) is 0 Å². The molecule has 0 aromatic carbocycles. The van der Waals surface area contributed by atoms with Gasteiger partial charge in [0.15, 0.2) is 8.32 Å². The summed E-state index contributed by atoms with van der Waals surface area (Å²) in [5.41, 5.74) is 2.08. The maximum atomic E-state index is 6.85. The molecule has 1 rings (SSSR count). The number of pyridine rings is 1. The molecule has 0 aliphatic heterocycles. The van der Waals surface area contributed by atoms with Crippen LogP contribution in [0.1, 0.15) is 78.2 Å². The van der Waals surface area contributed by atoms with Crippen LogP contribution < -0.4 is 0 Å². The minimum Gasteiger partial charge on any atom is -0.410 e. The molecule has 0 saturated heterocycles. The molecule has 0 aliphatic rings. The van der Waals surface area contributed by atoms with Crippen molar-refractivity contribution in [3.8, 4) is 0 Å². The van der Waals surface area contributed by atoms with Crippen molar-refractivity contribution in [2.24, 2.45) is 5.41 Å². The van der Waals surface area contributed by atoms with E-state index >= 15 is 0 Å². The second-order valence-electron chi connectivity index (χ2n) is 8.22. The molecule has 1 aromatic heterocycles. The zero-order valence-electron chi connectivity index (χ0n) is 17.0. The van der Waals surface area contributed by atoms with Gasteiger partial charge in [0.2, 0.25) is 0 Å². The van der Waals surface area contributed by atoms with Crippen LogP contribution in [-0.2, 0) is 4.43 Å². The lowest BCUT2D eigenvalue weighted by Crippen LogP contribution is -2.37. The van der Waals surface area contributed by atoms with Gasteiger partial charge >= 0.3 is 0 Å². The van der Waals surface area contributed by atoms with E-state index in [1.54, 1.807) is 6.20 Å². The average molecular weight is 404 g/mol. The van der Waals surface area contributed by atoms with Gasteiger partial charge < -0.3 is 4.43 Å². The number of aromatic nitrogens is 1. The Morgan fingerprint density at radius 3 is 2.16 bits per heavy atom. The van der Waals surface area contributed by atoms with E-state index in [4.69, 9.17) is 27.6 Å². The van der Waals surface area contributed by atoms with Gasteiger partial charge in [0.05, 0.1) is 21.8 Å². The Labute approximate surface area is 165 Å². The summed E-state index contributed by atoms with van der Waals surface area (Å²) >= 11 is 13.1. The van der Waals surface area contributed by atoms with E-state index in [2.05, 4.69) is 46.5 Å². The van der Waals surface area contributed by atoms with E-state index < -0.39 is 8.32 Å². The molecule has 0 bridgehead atoms. The maximum Gasteiger partial charge on any atom is 0.192 e. The van der Waals surface area contributed by atoms with Crippen LogP contribution in [0.2, 0.25) is 28.2 Å². The summed E-state index contributed by atoms with van der Waals surface area (Å²) in [6.07, 6.45) is 4.89. The fourth-order valence-electron chi connectivity index (χ4n) is 3.26. The van der Waals surface area contributed by atoms with E-state index in [0.29, 0.717) is 15.5 Å². The molecule has 0 aliphatic carbocycles. The van der Waals surface area contributed by atoms with Crippen molar-refractivity contribution in [1.29, 1.82) is 0 Å². The van der Waals surface area contributed by atoms with Gasteiger partial charge in [0, 0.05) is 11.8 Å². The largest absolute Gasteiger partial charge is 0.410 e. The number of nitrogens with zero attached hydrogens (tertiary/aromatic N) is 1. The molecule has 0 N–H and O–H groups in total. The van der Waals surface area contributed by atoms with Gasteiger partial charge in [-0.15, -0.1) is 0 Å². The molecule has 0 amide bonds.